The lowest BCUT2D eigenvalue weighted by Crippen LogP contribution is -2.48. The van der Waals surface area contributed by atoms with Crippen LogP contribution in [0.4, 0.5) is 5.69 Å². The average molecular weight is 366 g/mol. The Morgan fingerprint density at radius 2 is 1.96 bits per heavy atom. The van der Waals surface area contributed by atoms with Gasteiger partial charge in [-0.15, -0.1) is 0 Å². The van der Waals surface area contributed by atoms with Gasteiger partial charge in [-0.1, -0.05) is 0 Å². The van der Waals surface area contributed by atoms with Crippen molar-refractivity contribution in [3.8, 4) is 0 Å². The van der Waals surface area contributed by atoms with Crippen molar-refractivity contribution >= 4 is 27.5 Å². The van der Waals surface area contributed by atoms with Gasteiger partial charge >= 0.3 is 0 Å². The number of hydrogen-bond acceptors (Lipinski definition) is 5. The number of likely N-dealkylation sites (N-methyl/N-ethyl adjacent to an activating group) is 1. The highest BCUT2D eigenvalue weighted by Crippen LogP contribution is 2.23. The first-order valence-electron chi connectivity index (χ1n) is 8.22. The van der Waals surface area contributed by atoms with Crippen LogP contribution in [0.2, 0.25) is 0 Å². The highest BCUT2D eigenvalue weighted by molar-refractivity contribution is 7.89. The standard InChI is InChI=1S/C16H22N4O4S/c1-19-5-7-20(8-6-19)25(23,24)9-4-17-16(22)12-2-3-14-13(10-12)11-15(21)18-14/h2-3,10H,4-9,11H2,1H3,(H,17,22)(H,18,21). The number of hydrogen-bond donors (Lipinski definition) is 2. The van der Waals surface area contributed by atoms with Crippen molar-refractivity contribution in [2.45, 2.75) is 6.42 Å². The van der Waals surface area contributed by atoms with E-state index in [4.69, 9.17) is 0 Å². The minimum Gasteiger partial charge on any atom is -0.351 e. The predicted octanol–water partition coefficient (Wildman–Crippen LogP) is -0.512. The van der Waals surface area contributed by atoms with Gasteiger partial charge in [-0.05, 0) is 30.8 Å². The molecule has 0 unspecified atom stereocenters. The van der Waals surface area contributed by atoms with Gasteiger partial charge in [-0.3, -0.25) is 9.59 Å². The SMILES string of the molecule is CN1CCN(S(=O)(=O)CCNC(=O)c2ccc3c(c2)CC(=O)N3)CC1. The van der Waals surface area contributed by atoms with E-state index in [1.165, 1.54) is 4.31 Å². The zero-order valence-electron chi connectivity index (χ0n) is 14.1. The van der Waals surface area contributed by atoms with Crippen LogP contribution < -0.4 is 10.6 Å². The molecule has 2 aliphatic heterocycles. The van der Waals surface area contributed by atoms with E-state index in [0.717, 1.165) is 11.3 Å². The first-order valence-corrected chi connectivity index (χ1v) is 9.83. The summed E-state index contributed by atoms with van der Waals surface area (Å²) in [5.41, 5.74) is 1.93. The van der Waals surface area contributed by atoms with Crippen LogP contribution in [-0.2, 0) is 21.2 Å². The third-order valence-corrected chi connectivity index (χ3v) is 6.37. The molecule has 0 saturated carbocycles. The maximum Gasteiger partial charge on any atom is 0.251 e. The van der Waals surface area contributed by atoms with E-state index in [2.05, 4.69) is 15.5 Å². The zero-order valence-corrected chi connectivity index (χ0v) is 14.9. The molecule has 1 fully saturated rings. The van der Waals surface area contributed by atoms with Gasteiger partial charge in [0, 0.05) is 44.0 Å². The lowest BCUT2D eigenvalue weighted by molar-refractivity contribution is -0.115. The Hall–Kier alpha value is -1.97. The minimum atomic E-state index is -3.36. The summed E-state index contributed by atoms with van der Waals surface area (Å²) < 4.78 is 26.1. The summed E-state index contributed by atoms with van der Waals surface area (Å²) in [6, 6.07) is 4.97. The third-order valence-electron chi connectivity index (χ3n) is 4.49. The van der Waals surface area contributed by atoms with Crippen molar-refractivity contribution in [1.29, 1.82) is 0 Å². The Labute approximate surface area is 147 Å². The monoisotopic (exact) mass is 366 g/mol. The number of carbonyl (C=O) groups is 2. The topological polar surface area (TPSA) is 98.8 Å². The van der Waals surface area contributed by atoms with E-state index in [9.17, 15) is 18.0 Å². The van der Waals surface area contributed by atoms with Crippen molar-refractivity contribution in [3.63, 3.8) is 0 Å². The lowest BCUT2D eigenvalue weighted by Gasteiger charge is -2.31. The van der Waals surface area contributed by atoms with E-state index in [1.807, 2.05) is 7.05 Å². The van der Waals surface area contributed by atoms with Crippen molar-refractivity contribution < 1.29 is 18.0 Å². The maximum absolute atomic E-state index is 12.3. The summed E-state index contributed by atoms with van der Waals surface area (Å²) in [5.74, 6) is -0.547. The van der Waals surface area contributed by atoms with Crippen LogP contribution in [0.1, 0.15) is 15.9 Å². The van der Waals surface area contributed by atoms with Gasteiger partial charge in [0.25, 0.3) is 5.91 Å². The minimum absolute atomic E-state index is 0.0573. The molecule has 2 heterocycles. The number of fused-ring (bicyclic) bond motifs is 1. The quantitative estimate of drug-likeness (QED) is 0.731. The molecule has 3 rings (SSSR count). The van der Waals surface area contributed by atoms with Gasteiger partial charge < -0.3 is 15.5 Å². The fourth-order valence-corrected chi connectivity index (χ4v) is 4.30. The van der Waals surface area contributed by atoms with Crippen molar-refractivity contribution in [3.05, 3.63) is 29.3 Å². The predicted molar refractivity (Wildman–Crippen MR) is 94.0 cm³/mol. The van der Waals surface area contributed by atoms with Crippen LogP contribution in [-0.4, -0.2) is 75.0 Å². The molecule has 9 heteroatoms. The summed E-state index contributed by atoms with van der Waals surface area (Å²) in [6.45, 7) is 2.46. The van der Waals surface area contributed by atoms with Gasteiger partial charge in [-0.2, -0.15) is 4.31 Å². The van der Waals surface area contributed by atoms with Crippen molar-refractivity contribution in [2.24, 2.45) is 0 Å². The molecule has 1 aromatic carbocycles. The van der Waals surface area contributed by atoms with Gasteiger partial charge in [0.1, 0.15) is 0 Å². The fourth-order valence-electron chi connectivity index (χ4n) is 2.96. The molecule has 0 bridgehead atoms. The molecule has 25 heavy (non-hydrogen) atoms. The number of benzene rings is 1. The Balaban J connectivity index is 1.53. The largest absolute Gasteiger partial charge is 0.351 e. The van der Waals surface area contributed by atoms with Gasteiger partial charge in [0.2, 0.25) is 15.9 Å². The Morgan fingerprint density at radius 3 is 2.68 bits per heavy atom. The van der Waals surface area contributed by atoms with Gasteiger partial charge in [-0.25, -0.2) is 8.42 Å². The molecule has 1 aromatic rings. The fraction of sp³-hybridized carbons (Fsp3) is 0.500. The molecule has 0 aromatic heterocycles. The van der Waals surface area contributed by atoms with E-state index >= 15 is 0 Å². The second-order valence-electron chi connectivity index (χ2n) is 6.37. The van der Waals surface area contributed by atoms with Crippen LogP contribution in [0, 0.1) is 0 Å². The molecule has 2 N–H and O–H groups in total. The highest BCUT2D eigenvalue weighted by Gasteiger charge is 2.25. The van der Waals surface area contributed by atoms with Crippen LogP contribution in [0.3, 0.4) is 0 Å². The van der Waals surface area contributed by atoms with E-state index in [-0.39, 0.29) is 30.5 Å². The molecule has 0 radical (unpaired) electrons. The molecular weight excluding hydrogens is 344 g/mol. The van der Waals surface area contributed by atoms with Crippen LogP contribution >= 0.6 is 0 Å². The molecule has 8 nitrogen and oxygen atoms in total. The molecular formula is C16H22N4O4S. The molecule has 0 aliphatic carbocycles. The number of amides is 2. The summed E-state index contributed by atoms with van der Waals surface area (Å²) in [6.07, 6.45) is 0.258. The molecule has 136 valence electrons. The number of piperazine rings is 1. The smallest absolute Gasteiger partial charge is 0.251 e. The number of carbonyl (C=O) groups excluding carboxylic acids is 2. The number of nitrogens with one attached hydrogen (secondary N) is 2. The lowest BCUT2D eigenvalue weighted by atomic mass is 10.1. The Bertz CT molecular complexity index is 785. The molecule has 1 saturated heterocycles. The van der Waals surface area contributed by atoms with E-state index < -0.39 is 10.0 Å². The van der Waals surface area contributed by atoms with Crippen molar-refractivity contribution in [1.82, 2.24) is 14.5 Å². The maximum atomic E-state index is 12.3. The summed E-state index contributed by atoms with van der Waals surface area (Å²) in [7, 11) is -1.40. The molecule has 2 amide bonds. The Morgan fingerprint density at radius 1 is 1.24 bits per heavy atom. The number of sulfonamides is 1. The summed E-state index contributed by atoms with van der Waals surface area (Å²) in [5, 5.41) is 5.35. The second-order valence-corrected chi connectivity index (χ2v) is 8.46. The second kappa shape index (κ2) is 7.11. The highest BCUT2D eigenvalue weighted by atomic mass is 32.2. The summed E-state index contributed by atoms with van der Waals surface area (Å²) >= 11 is 0. The average Bonchev–Trinajstić information content (AvgIpc) is 2.94. The van der Waals surface area contributed by atoms with E-state index in [0.29, 0.717) is 31.7 Å². The van der Waals surface area contributed by atoms with Gasteiger partial charge in [0.05, 0.1) is 12.2 Å². The Kier molecular flexibility index (Phi) is 5.07. The number of rotatable bonds is 5. The van der Waals surface area contributed by atoms with Crippen LogP contribution in [0.15, 0.2) is 18.2 Å². The van der Waals surface area contributed by atoms with Crippen molar-refractivity contribution in [2.75, 3.05) is 50.8 Å². The van der Waals surface area contributed by atoms with Gasteiger partial charge in [0.15, 0.2) is 0 Å². The third kappa shape index (κ3) is 4.17. The van der Waals surface area contributed by atoms with Crippen LogP contribution in [0.25, 0.3) is 0 Å². The van der Waals surface area contributed by atoms with Crippen LogP contribution in [0.5, 0.6) is 0 Å². The first-order chi connectivity index (χ1) is 11.8. The first kappa shape index (κ1) is 17.8. The number of anilines is 1. The molecule has 0 atom stereocenters. The summed E-state index contributed by atoms with van der Waals surface area (Å²) in [4.78, 5) is 25.6. The number of nitrogens with zero attached hydrogens (tertiary/aromatic N) is 2. The van der Waals surface area contributed by atoms with E-state index in [1.54, 1.807) is 18.2 Å². The molecule has 0 spiro atoms. The molecule has 2 aliphatic rings. The normalized spacial score (nSPS) is 18.7. The zero-order chi connectivity index (χ0) is 18.0.